The highest BCUT2D eigenvalue weighted by molar-refractivity contribution is 9.09. The smallest absolute Gasteiger partial charge is 0.0233 e. The summed E-state index contributed by atoms with van der Waals surface area (Å²) in [5, 5.41) is 1.09. The van der Waals surface area contributed by atoms with Crippen LogP contribution in [-0.4, -0.2) is 23.3 Å². The summed E-state index contributed by atoms with van der Waals surface area (Å²) in [6, 6.07) is 6.79. The van der Waals surface area contributed by atoms with Crippen LogP contribution in [0.3, 0.4) is 0 Å². The van der Waals surface area contributed by atoms with Crippen LogP contribution in [0.5, 0.6) is 0 Å². The first-order valence-electron chi connectivity index (χ1n) is 6.01. The Labute approximate surface area is 108 Å². The van der Waals surface area contributed by atoms with E-state index in [1.807, 2.05) is 0 Å². The van der Waals surface area contributed by atoms with Crippen molar-refractivity contribution in [1.29, 1.82) is 0 Å². The first-order chi connectivity index (χ1) is 7.67. The molecular weight excluding hydrogens is 262 g/mol. The fourth-order valence-corrected chi connectivity index (χ4v) is 2.04. The molecule has 2 heteroatoms. The molecule has 0 bridgehead atoms. The molecule has 0 N–H and O–H groups in total. The zero-order valence-electron chi connectivity index (χ0n) is 10.6. The lowest BCUT2D eigenvalue weighted by atomic mass is 10.1. The summed E-state index contributed by atoms with van der Waals surface area (Å²) in [6.45, 7) is 9.96. The quantitative estimate of drug-likeness (QED) is 0.716. The van der Waals surface area contributed by atoms with Gasteiger partial charge in [-0.05, 0) is 50.0 Å². The second-order valence-electron chi connectivity index (χ2n) is 4.33. The van der Waals surface area contributed by atoms with Gasteiger partial charge in [0.05, 0.1) is 0 Å². The number of hydrogen-bond acceptors (Lipinski definition) is 1. The van der Waals surface area contributed by atoms with Crippen molar-refractivity contribution in [3.8, 4) is 0 Å². The first-order valence-corrected chi connectivity index (χ1v) is 7.14. The molecular formula is C14H22BrN. The molecule has 1 rings (SSSR count). The average molecular weight is 284 g/mol. The molecule has 0 saturated heterocycles. The minimum atomic E-state index is 1.07. The van der Waals surface area contributed by atoms with Gasteiger partial charge >= 0.3 is 0 Å². The van der Waals surface area contributed by atoms with E-state index in [2.05, 4.69) is 59.8 Å². The third-order valence-electron chi connectivity index (χ3n) is 3.03. The normalized spacial score (nSPS) is 11.1. The molecule has 0 saturated carbocycles. The van der Waals surface area contributed by atoms with E-state index in [0.717, 1.165) is 18.4 Å². The molecule has 0 spiro atoms. The highest BCUT2D eigenvalue weighted by Crippen LogP contribution is 2.12. The van der Waals surface area contributed by atoms with Crippen molar-refractivity contribution in [2.24, 2.45) is 0 Å². The van der Waals surface area contributed by atoms with Gasteiger partial charge in [-0.3, -0.25) is 4.90 Å². The highest BCUT2D eigenvalue weighted by Gasteiger charge is 2.03. The Morgan fingerprint density at radius 2 is 1.94 bits per heavy atom. The Kier molecular flexibility index (Phi) is 6.07. The molecule has 0 amide bonds. The summed E-state index contributed by atoms with van der Waals surface area (Å²) in [5.41, 5.74) is 4.21. The maximum atomic E-state index is 3.49. The van der Waals surface area contributed by atoms with Crippen molar-refractivity contribution in [2.75, 3.05) is 18.4 Å². The molecule has 0 aromatic heterocycles. The molecule has 0 fully saturated rings. The number of hydrogen-bond donors (Lipinski definition) is 0. The largest absolute Gasteiger partial charge is 0.299 e. The Balaban J connectivity index is 2.59. The predicted molar refractivity (Wildman–Crippen MR) is 75.3 cm³/mol. The second kappa shape index (κ2) is 7.08. The number of aryl methyl sites for hydroxylation is 2. The van der Waals surface area contributed by atoms with Crippen LogP contribution in [0, 0.1) is 13.8 Å². The summed E-state index contributed by atoms with van der Waals surface area (Å²) in [5.74, 6) is 0. The average Bonchev–Trinajstić information content (AvgIpc) is 2.29. The molecule has 0 radical (unpaired) electrons. The molecule has 0 unspecified atom stereocenters. The topological polar surface area (TPSA) is 3.24 Å². The van der Waals surface area contributed by atoms with Gasteiger partial charge in [-0.2, -0.15) is 0 Å². The van der Waals surface area contributed by atoms with Crippen LogP contribution in [0.2, 0.25) is 0 Å². The van der Waals surface area contributed by atoms with Crippen LogP contribution < -0.4 is 0 Å². The van der Waals surface area contributed by atoms with Gasteiger partial charge in [0.1, 0.15) is 0 Å². The maximum absolute atomic E-state index is 3.49. The number of rotatable bonds is 6. The van der Waals surface area contributed by atoms with Crippen molar-refractivity contribution in [3.63, 3.8) is 0 Å². The lowest BCUT2D eigenvalue weighted by Crippen LogP contribution is -2.24. The molecule has 0 atom stereocenters. The second-order valence-corrected chi connectivity index (χ2v) is 5.12. The summed E-state index contributed by atoms with van der Waals surface area (Å²) < 4.78 is 0. The number of nitrogens with zero attached hydrogens (tertiary/aromatic N) is 1. The Morgan fingerprint density at radius 3 is 2.50 bits per heavy atom. The minimum Gasteiger partial charge on any atom is -0.299 e. The zero-order chi connectivity index (χ0) is 12.0. The molecule has 90 valence electrons. The van der Waals surface area contributed by atoms with Gasteiger partial charge in [0.25, 0.3) is 0 Å². The molecule has 1 nitrogen and oxygen atoms in total. The van der Waals surface area contributed by atoms with Gasteiger partial charge in [-0.1, -0.05) is 41.1 Å². The van der Waals surface area contributed by atoms with Crippen LogP contribution in [0.15, 0.2) is 18.2 Å². The highest BCUT2D eigenvalue weighted by atomic mass is 79.9. The van der Waals surface area contributed by atoms with E-state index in [-0.39, 0.29) is 0 Å². The van der Waals surface area contributed by atoms with Gasteiger partial charge in [0, 0.05) is 11.9 Å². The number of alkyl halides is 1. The Hall–Kier alpha value is -0.340. The van der Waals surface area contributed by atoms with E-state index in [0.29, 0.717) is 0 Å². The first kappa shape index (κ1) is 13.7. The number of halogens is 1. The Morgan fingerprint density at radius 1 is 1.19 bits per heavy atom. The minimum absolute atomic E-state index is 1.07. The van der Waals surface area contributed by atoms with Crippen molar-refractivity contribution >= 4 is 15.9 Å². The van der Waals surface area contributed by atoms with E-state index in [4.69, 9.17) is 0 Å². The van der Waals surface area contributed by atoms with Crippen molar-refractivity contribution in [3.05, 3.63) is 34.9 Å². The van der Waals surface area contributed by atoms with Gasteiger partial charge in [0.2, 0.25) is 0 Å². The van der Waals surface area contributed by atoms with Crippen molar-refractivity contribution < 1.29 is 0 Å². The zero-order valence-corrected chi connectivity index (χ0v) is 12.2. The SMILES string of the molecule is CCN(CCCBr)Cc1ccc(C)c(C)c1. The molecule has 0 heterocycles. The van der Waals surface area contributed by atoms with E-state index in [1.54, 1.807) is 0 Å². The standard InChI is InChI=1S/C14H22BrN/c1-4-16(9-5-8-15)11-14-7-6-12(2)13(3)10-14/h6-7,10H,4-5,8-9,11H2,1-3H3. The molecule has 0 aliphatic carbocycles. The van der Waals surface area contributed by atoms with E-state index < -0.39 is 0 Å². The predicted octanol–water partition coefficient (Wildman–Crippen LogP) is 3.91. The van der Waals surface area contributed by atoms with Crippen molar-refractivity contribution in [1.82, 2.24) is 4.90 Å². The van der Waals surface area contributed by atoms with Crippen LogP contribution in [0.25, 0.3) is 0 Å². The lowest BCUT2D eigenvalue weighted by molar-refractivity contribution is 0.281. The molecule has 0 aliphatic heterocycles. The van der Waals surface area contributed by atoms with Crippen LogP contribution in [0.1, 0.15) is 30.0 Å². The Bertz CT molecular complexity index is 323. The lowest BCUT2D eigenvalue weighted by Gasteiger charge is -2.20. The van der Waals surface area contributed by atoms with E-state index in [9.17, 15) is 0 Å². The van der Waals surface area contributed by atoms with Crippen molar-refractivity contribution in [2.45, 2.75) is 33.7 Å². The van der Waals surface area contributed by atoms with Gasteiger partial charge in [-0.25, -0.2) is 0 Å². The van der Waals surface area contributed by atoms with Gasteiger partial charge < -0.3 is 0 Å². The molecule has 0 aliphatic rings. The summed E-state index contributed by atoms with van der Waals surface area (Å²) >= 11 is 3.49. The van der Waals surface area contributed by atoms with Crippen LogP contribution >= 0.6 is 15.9 Å². The monoisotopic (exact) mass is 283 g/mol. The summed E-state index contributed by atoms with van der Waals surface area (Å²) in [6.07, 6.45) is 1.22. The van der Waals surface area contributed by atoms with Gasteiger partial charge in [0.15, 0.2) is 0 Å². The number of benzene rings is 1. The third-order valence-corrected chi connectivity index (χ3v) is 3.59. The fourth-order valence-electron chi connectivity index (χ4n) is 1.79. The van der Waals surface area contributed by atoms with Gasteiger partial charge in [-0.15, -0.1) is 0 Å². The van der Waals surface area contributed by atoms with E-state index in [1.165, 1.54) is 29.7 Å². The molecule has 1 aromatic carbocycles. The van der Waals surface area contributed by atoms with E-state index >= 15 is 0 Å². The fraction of sp³-hybridized carbons (Fsp3) is 0.571. The third kappa shape index (κ3) is 4.26. The molecule has 16 heavy (non-hydrogen) atoms. The maximum Gasteiger partial charge on any atom is 0.0233 e. The summed E-state index contributed by atoms with van der Waals surface area (Å²) in [7, 11) is 0. The summed E-state index contributed by atoms with van der Waals surface area (Å²) in [4.78, 5) is 2.49. The van der Waals surface area contributed by atoms with Crippen LogP contribution in [-0.2, 0) is 6.54 Å². The van der Waals surface area contributed by atoms with Crippen LogP contribution in [0.4, 0.5) is 0 Å². The molecule has 1 aromatic rings.